The lowest BCUT2D eigenvalue weighted by molar-refractivity contribution is -0.214. The van der Waals surface area contributed by atoms with Crippen LogP contribution in [-0.2, 0) is 9.53 Å². The molecular weight excluding hydrogens is 236 g/mol. The number of esters is 1. The quantitative estimate of drug-likeness (QED) is 0.601. The Bertz CT molecular complexity index is 345. The van der Waals surface area contributed by atoms with Crippen LogP contribution >= 0.6 is 0 Å². The number of fused-ring (bicyclic) bond motifs is 1. The van der Waals surface area contributed by atoms with E-state index in [1.54, 1.807) is 18.7 Å². The van der Waals surface area contributed by atoms with E-state index in [-0.39, 0.29) is 12.0 Å². The second-order valence-corrected chi connectivity index (χ2v) is 5.25. The third-order valence-corrected chi connectivity index (χ3v) is 3.54. The fourth-order valence-corrected chi connectivity index (χ4v) is 2.45. The Morgan fingerprint density at radius 3 is 2.83 bits per heavy atom. The molecule has 6 heteroatoms. The summed E-state index contributed by atoms with van der Waals surface area (Å²) in [6, 6.07) is -0.368. The monoisotopic (exact) mass is 256 g/mol. The highest BCUT2D eigenvalue weighted by atomic mass is 16.6. The Morgan fingerprint density at radius 1 is 1.44 bits per heavy atom. The molecule has 0 aliphatic carbocycles. The summed E-state index contributed by atoms with van der Waals surface area (Å²) in [4.78, 5) is 25.1. The molecule has 2 heterocycles. The summed E-state index contributed by atoms with van der Waals surface area (Å²) in [5, 5.41) is 10.3. The van der Waals surface area contributed by atoms with E-state index in [4.69, 9.17) is 4.74 Å². The van der Waals surface area contributed by atoms with E-state index < -0.39 is 18.2 Å². The van der Waals surface area contributed by atoms with Crippen molar-refractivity contribution in [3.8, 4) is 0 Å². The Labute approximate surface area is 106 Å². The highest BCUT2D eigenvalue weighted by Crippen LogP contribution is 2.28. The van der Waals surface area contributed by atoms with Crippen molar-refractivity contribution in [1.29, 1.82) is 0 Å². The van der Waals surface area contributed by atoms with E-state index in [0.717, 1.165) is 19.3 Å². The van der Waals surface area contributed by atoms with Gasteiger partial charge >= 0.3 is 12.0 Å². The van der Waals surface area contributed by atoms with Gasteiger partial charge < -0.3 is 9.64 Å². The van der Waals surface area contributed by atoms with Crippen LogP contribution in [0, 0.1) is 5.92 Å². The Balaban J connectivity index is 2.04. The first-order chi connectivity index (χ1) is 8.50. The summed E-state index contributed by atoms with van der Waals surface area (Å²) in [6.45, 7) is 4.12. The van der Waals surface area contributed by atoms with Crippen molar-refractivity contribution in [2.24, 2.45) is 5.92 Å². The minimum Gasteiger partial charge on any atom is -0.439 e. The number of carbonyl (C=O) groups excluding carboxylic acids is 2. The molecule has 2 aliphatic rings. The second-order valence-electron chi connectivity index (χ2n) is 5.25. The first-order valence-corrected chi connectivity index (χ1v) is 6.50. The van der Waals surface area contributed by atoms with Crippen molar-refractivity contribution in [2.45, 2.75) is 51.8 Å². The number of urea groups is 1. The van der Waals surface area contributed by atoms with E-state index in [1.807, 2.05) is 0 Å². The largest absolute Gasteiger partial charge is 0.439 e. The molecule has 2 fully saturated rings. The van der Waals surface area contributed by atoms with Crippen molar-refractivity contribution < 1.29 is 19.5 Å². The van der Waals surface area contributed by atoms with Gasteiger partial charge in [0.1, 0.15) is 0 Å². The zero-order valence-electron chi connectivity index (χ0n) is 10.8. The zero-order chi connectivity index (χ0) is 13.3. The third kappa shape index (κ3) is 2.43. The molecule has 0 aromatic carbocycles. The van der Waals surface area contributed by atoms with Crippen molar-refractivity contribution in [1.82, 2.24) is 9.96 Å². The Kier molecular flexibility index (Phi) is 3.75. The van der Waals surface area contributed by atoms with Gasteiger partial charge in [0, 0.05) is 19.0 Å². The number of hydroxylamine groups is 2. The Hall–Kier alpha value is -1.30. The van der Waals surface area contributed by atoms with Gasteiger partial charge in [0.05, 0.1) is 5.92 Å². The van der Waals surface area contributed by atoms with Crippen LogP contribution in [0.3, 0.4) is 0 Å². The smallest absolute Gasteiger partial charge is 0.347 e. The van der Waals surface area contributed by atoms with E-state index >= 15 is 0 Å². The first kappa shape index (κ1) is 13.1. The molecule has 0 radical (unpaired) electrons. The number of ether oxygens (including phenoxy) is 1. The topological polar surface area (TPSA) is 70.1 Å². The predicted molar refractivity (Wildman–Crippen MR) is 62.7 cm³/mol. The molecule has 6 nitrogen and oxygen atoms in total. The lowest BCUT2D eigenvalue weighted by atomic mass is 9.97. The second kappa shape index (κ2) is 5.14. The van der Waals surface area contributed by atoms with Gasteiger partial charge in [0.25, 0.3) is 0 Å². The summed E-state index contributed by atoms with van der Waals surface area (Å²) in [6.07, 6.45) is 2.60. The minimum absolute atomic E-state index is 0.0830. The van der Waals surface area contributed by atoms with Gasteiger partial charge in [0.2, 0.25) is 6.23 Å². The number of hydrogen-bond acceptors (Lipinski definition) is 4. The van der Waals surface area contributed by atoms with Crippen LogP contribution in [0.15, 0.2) is 0 Å². The summed E-state index contributed by atoms with van der Waals surface area (Å²) in [5.41, 5.74) is 0. The number of hydrogen-bond donors (Lipinski definition) is 1. The van der Waals surface area contributed by atoms with Crippen LogP contribution in [-0.4, -0.2) is 46.0 Å². The molecule has 2 aliphatic heterocycles. The molecule has 2 atom stereocenters. The molecule has 0 aromatic rings. The molecule has 0 saturated carbocycles. The molecule has 2 saturated heterocycles. The lowest BCUT2D eigenvalue weighted by Gasteiger charge is -2.44. The number of carbonyl (C=O) groups is 2. The maximum Gasteiger partial charge on any atom is 0.347 e. The summed E-state index contributed by atoms with van der Waals surface area (Å²) >= 11 is 0. The lowest BCUT2D eigenvalue weighted by Crippen LogP contribution is -2.59. The number of piperidine rings is 1. The molecule has 18 heavy (non-hydrogen) atoms. The van der Waals surface area contributed by atoms with Crippen LogP contribution in [0.4, 0.5) is 4.79 Å². The van der Waals surface area contributed by atoms with Gasteiger partial charge in [-0.15, -0.1) is 0 Å². The third-order valence-electron chi connectivity index (χ3n) is 3.54. The average Bonchev–Trinajstić information content (AvgIpc) is 2.35. The van der Waals surface area contributed by atoms with Crippen LogP contribution in [0.5, 0.6) is 0 Å². The van der Waals surface area contributed by atoms with Crippen molar-refractivity contribution in [3.05, 3.63) is 0 Å². The van der Waals surface area contributed by atoms with Crippen molar-refractivity contribution in [3.63, 3.8) is 0 Å². The van der Waals surface area contributed by atoms with Gasteiger partial charge in [-0.1, -0.05) is 13.8 Å². The predicted octanol–water partition coefficient (Wildman–Crippen LogP) is 1.58. The van der Waals surface area contributed by atoms with E-state index in [2.05, 4.69) is 0 Å². The van der Waals surface area contributed by atoms with Gasteiger partial charge in [-0.25, -0.2) is 4.79 Å². The van der Waals surface area contributed by atoms with Crippen LogP contribution in [0.25, 0.3) is 0 Å². The summed E-state index contributed by atoms with van der Waals surface area (Å²) in [5.74, 6) is -0.658. The number of nitrogens with zero attached hydrogens (tertiary/aromatic N) is 2. The molecule has 0 aromatic heterocycles. The normalized spacial score (nSPS) is 28.3. The fraction of sp³-hybridized carbons (Fsp3) is 0.833. The average molecular weight is 256 g/mol. The SMILES string of the molecule is CC(C)C(=O)OC1CC2CCCCN2C(=O)N1O. The first-order valence-electron chi connectivity index (χ1n) is 6.50. The highest BCUT2D eigenvalue weighted by Gasteiger charge is 2.42. The number of amides is 2. The highest BCUT2D eigenvalue weighted by molar-refractivity contribution is 5.76. The van der Waals surface area contributed by atoms with Gasteiger partial charge in [-0.3, -0.25) is 10.0 Å². The molecule has 102 valence electrons. The molecule has 1 N–H and O–H groups in total. The van der Waals surface area contributed by atoms with E-state index in [0.29, 0.717) is 18.0 Å². The van der Waals surface area contributed by atoms with Gasteiger partial charge in [-0.05, 0) is 19.3 Å². The minimum atomic E-state index is -0.841. The van der Waals surface area contributed by atoms with Crippen molar-refractivity contribution >= 4 is 12.0 Å². The summed E-state index contributed by atoms with van der Waals surface area (Å²) < 4.78 is 5.17. The number of rotatable bonds is 2. The maximum atomic E-state index is 11.9. The standard InChI is InChI=1S/C12H20N2O4/c1-8(2)11(15)18-10-7-9-5-3-4-6-13(9)12(16)14(10)17/h8-10,17H,3-7H2,1-2H3. The summed E-state index contributed by atoms with van der Waals surface area (Å²) in [7, 11) is 0. The molecule has 0 bridgehead atoms. The van der Waals surface area contributed by atoms with Crippen LogP contribution < -0.4 is 0 Å². The fourth-order valence-electron chi connectivity index (χ4n) is 2.45. The van der Waals surface area contributed by atoms with E-state index in [1.165, 1.54) is 0 Å². The zero-order valence-corrected chi connectivity index (χ0v) is 10.8. The van der Waals surface area contributed by atoms with Crippen LogP contribution in [0.1, 0.15) is 39.5 Å². The Morgan fingerprint density at radius 2 is 2.17 bits per heavy atom. The molecular formula is C12H20N2O4. The van der Waals surface area contributed by atoms with Gasteiger partial charge in [0.15, 0.2) is 0 Å². The molecule has 0 spiro atoms. The van der Waals surface area contributed by atoms with E-state index in [9.17, 15) is 14.8 Å². The van der Waals surface area contributed by atoms with Crippen LogP contribution in [0.2, 0.25) is 0 Å². The molecule has 2 unspecified atom stereocenters. The molecule has 2 rings (SSSR count). The van der Waals surface area contributed by atoms with Gasteiger partial charge in [-0.2, -0.15) is 5.06 Å². The molecule has 2 amide bonds. The van der Waals surface area contributed by atoms with Crippen molar-refractivity contribution in [2.75, 3.05) is 6.54 Å². The maximum absolute atomic E-state index is 11.9.